The molecule has 3 N–H and O–H groups in total. The predicted octanol–water partition coefficient (Wildman–Crippen LogP) is 4.82. The topological polar surface area (TPSA) is 76.7 Å². The molecule has 0 bridgehead atoms. The van der Waals surface area contributed by atoms with Crippen LogP contribution in [0.5, 0.6) is 5.75 Å². The second-order valence-electron chi connectivity index (χ2n) is 6.46. The van der Waals surface area contributed by atoms with Crippen LogP contribution >= 0.6 is 28.3 Å². The number of carbonyl (C=O) groups excluding carboxylic acids is 1. The molecule has 146 valence electrons. The molecule has 2 rings (SSSR count). The van der Waals surface area contributed by atoms with Crippen LogP contribution in [-0.4, -0.2) is 24.5 Å². The van der Waals surface area contributed by atoms with Gasteiger partial charge in [-0.05, 0) is 37.5 Å². The summed E-state index contributed by atoms with van der Waals surface area (Å²) in [6.45, 7) is 2.59. The largest absolute Gasteiger partial charge is 0.493 e. The minimum absolute atomic E-state index is 0. The Labute approximate surface area is 170 Å². The molecule has 0 unspecified atom stereocenters. The molecule has 0 spiro atoms. The Hall–Kier alpha value is -1.27. The molecule has 1 aromatic rings. The smallest absolute Gasteiger partial charge is 0.261 e. The molecular formula is C19H29BrClN3O2. The number of nitrogens with zero attached hydrogens (tertiary/aromatic N) is 1. The van der Waals surface area contributed by atoms with E-state index < -0.39 is 0 Å². The van der Waals surface area contributed by atoms with Crippen molar-refractivity contribution in [1.29, 1.82) is 0 Å². The van der Waals surface area contributed by atoms with Gasteiger partial charge >= 0.3 is 0 Å². The van der Waals surface area contributed by atoms with Crippen LogP contribution in [0.1, 0.15) is 68.6 Å². The Morgan fingerprint density at radius 1 is 1.27 bits per heavy atom. The molecule has 1 fully saturated rings. The van der Waals surface area contributed by atoms with E-state index in [-0.39, 0.29) is 30.3 Å². The highest BCUT2D eigenvalue weighted by Gasteiger charge is 2.16. The zero-order chi connectivity index (χ0) is 18.1. The highest BCUT2D eigenvalue weighted by molar-refractivity contribution is 9.10. The van der Waals surface area contributed by atoms with Gasteiger partial charge in [-0.15, -0.1) is 12.4 Å². The van der Waals surface area contributed by atoms with Crippen LogP contribution in [0.15, 0.2) is 27.7 Å². The lowest BCUT2D eigenvalue weighted by molar-refractivity contribution is 0.0972. The molecule has 1 aliphatic rings. The van der Waals surface area contributed by atoms with Crippen LogP contribution in [0.2, 0.25) is 0 Å². The van der Waals surface area contributed by atoms with Gasteiger partial charge in [0.15, 0.2) is 5.96 Å². The molecule has 7 heteroatoms. The van der Waals surface area contributed by atoms with Crippen LogP contribution in [0.25, 0.3) is 0 Å². The summed E-state index contributed by atoms with van der Waals surface area (Å²) in [5, 5.41) is 2.71. The lowest BCUT2D eigenvalue weighted by Crippen LogP contribution is -2.38. The minimum Gasteiger partial charge on any atom is -0.493 e. The Morgan fingerprint density at radius 3 is 2.58 bits per heavy atom. The van der Waals surface area contributed by atoms with Gasteiger partial charge in [-0.2, -0.15) is 0 Å². The van der Waals surface area contributed by atoms with Gasteiger partial charge in [0.2, 0.25) is 0 Å². The first kappa shape index (κ1) is 22.8. The normalized spacial score (nSPS) is 16.2. The zero-order valence-corrected chi connectivity index (χ0v) is 17.7. The molecule has 0 radical (unpaired) electrons. The van der Waals surface area contributed by atoms with E-state index in [9.17, 15) is 4.79 Å². The number of rotatable bonds is 5. The molecule has 1 amide bonds. The average Bonchev–Trinajstić information content (AvgIpc) is 2.56. The maximum Gasteiger partial charge on any atom is 0.261 e. The fourth-order valence-electron chi connectivity index (χ4n) is 2.99. The standard InChI is InChI=1S/C19H28BrN3O2.ClH/c1-2-12-25-17-11-10-14(20)13-16(17)18(24)23-19(21)22-15-8-6-4-3-5-7-9-15;/h10-11,13,15H,2-9,12H2,1H3,(H3,21,22,23,24);1H. The van der Waals surface area contributed by atoms with Gasteiger partial charge in [0.1, 0.15) is 5.75 Å². The quantitative estimate of drug-likeness (QED) is 0.503. The average molecular weight is 447 g/mol. The van der Waals surface area contributed by atoms with E-state index in [1.165, 1.54) is 32.1 Å². The highest BCUT2D eigenvalue weighted by atomic mass is 79.9. The van der Waals surface area contributed by atoms with Crippen molar-refractivity contribution in [1.82, 2.24) is 5.32 Å². The van der Waals surface area contributed by atoms with E-state index in [2.05, 4.69) is 26.2 Å². The Balaban J connectivity index is 0.00000338. The molecule has 0 atom stereocenters. The predicted molar refractivity (Wildman–Crippen MR) is 112 cm³/mol. The van der Waals surface area contributed by atoms with Gasteiger partial charge in [0.25, 0.3) is 5.91 Å². The van der Waals surface area contributed by atoms with Crippen molar-refractivity contribution in [3.63, 3.8) is 0 Å². The molecule has 1 aromatic carbocycles. The maximum absolute atomic E-state index is 12.6. The molecule has 0 saturated heterocycles. The van der Waals surface area contributed by atoms with E-state index in [1.54, 1.807) is 12.1 Å². The SMILES string of the molecule is CCCOc1ccc(Br)cc1C(=O)NC(N)=NC1CCCCCCC1.Cl. The minimum atomic E-state index is -0.292. The summed E-state index contributed by atoms with van der Waals surface area (Å²) >= 11 is 3.40. The van der Waals surface area contributed by atoms with Crippen molar-refractivity contribution in [3.05, 3.63) is 28.2 Å². The lowest BCUT2D eigenvalue weighted by Gasteiger charge is -2.17. The molecule has 26 heavy (non-hydrogen) atoms. The third-order valence-electron chi connectivity index (χ3n) is 4.29. The molecule has 5 nitrogen and oxygen atoms in total. The second-order valence-corrected chi connectivity index (χ2v) is 7.37. The summed E-state index contributed by atoms with van der Waals surface area (Å²) in [7, 11) is 0. The first-order chi connectivity index (χ1) is 12.1. The van der Waals surface area contributed by atoms with Crippen molar-refractivity contribution in [2.75, 3.05) is 6.61 Å². The van der Waals surface area contributed by atoms with Crippen LogP contribution in [-0.2, 0) is 0 Å². The molecule has 1 saturated carbocycles. The van der Waals surface area contributed by atoms with Crippen LogP contribution in [0.3, 0.4) is 0 Å². The van der Waals surface area contributed by atoms with Gasteiger partial charge in [0, 0.05) is 4.47 Å². The number of benzene rings is 1. The van der Waals surface area contributed by atoms with Crippen LogP contribution < -0.4 is 15.8 Å². The zero-order valence-electron chi connectivity index (χ0n) is 15.3. The summed E-state index contributed by atoms with van der Waals surface area (Å²) < 4.78 is 6.48. The number of nitrogens with two attached hydrogens (primary N) is 1. The second kappa shape index (κ2) is 12.2. The highest BCUT2D eigenvalue weighted by Crippen LogP contribution is 2.23. The molecule has 0 aromatic heterocycles. The van der Waals surface area contributed by atoms with Crippen molar-refractivity contribution in [3.8, 4) is 5.75 Å². The Morgan fingerprint density at radius 2 is 1.92 bits per heavy atom. The van der Waals surface area contributed by atoms with E-state index in [1.807, 2.05) is 13.0 Å². The van der Waals surface area contributed by atoms with Crippen molar-refractivity contribution in [2.24, 2.45) is 10.7 Å². The fraction of sp³-hybridized carbons (Fsp3) is 0.579. The summed E-state index contributed by atoms with van der Waals surface area (Å²) in [5.74, 6) is 0.456. The van der Waals surface area contributed by atoms with E-state index in [4.69, 9.17) is 10.5 Å². The van der Waals surface area contributed by atoms with Gasteiger partial charge < -0.3 is 10.5 Å². The number of hydrogen-bond acceptors (Lipinski definition) is 3. The number of halogens is 2. The number of guanidine groups is 1. The number of amides is 1. The monoisotopic (exact) mass is 445 g/mol. The van der Waals surface area contributed by atoms with Crippen LogP contribution in [0.4, 0.5) is 0 Å². The first-order valence-electron chi connectivity index (χ1n) is 9.17. The third kappa shape index (κ3) is 7.54. The number of hydrogen-bond donors (Lipinski definition) is 2. The fourth-order valence-corrected chi connectivity index (χ4v) is 3.35. The van der Waals surface area contributed by atoms with Gasteiger partial charge in [-0.25, -0.2) is 4.99 Å². The Bertz CT molecular complexity index is 602. The molecule has 0 aliphatic heterocycles. The summed E-state index contributed by atoms with van der Waals surface area (Å²) in [4.78, 5) is 17.1. The van der Waals surface area contributed by atoms with Gasteiger partial charge in [0.05, 0.1) is 18.2 Å². The number of carbonyl (C=O) groups is 1. The van der Waals surface area contributed by atoms with Crippen molar-refractivity contribution in [2.45, 2.75) is 64.3 Å². The van der Waals surface area contributed by atoms with Gasteiger partial charge in [-0.3, -0.25) is 10.1 Å². The van der Waals surface area contributed by atoms with E-state index in [0.717, 1.165) is 23.7 Å². The van der Waals surface area contributed by atoms with Crippen molar-refractivity contribution >= 4 is 40.2 Å². The van der Waals surface area contributed by atoms with Crippen LogP contribution in [0, 0.1) is 0 Å². The summed E-state index contributed by atoms with van der Waals surface area (Å²) in [6, 6.07) is 5.59. The molecule has 0 heterocycles. The lowest BCUT2D eigenvalue weighted by atomic mass is 9.97. The number of ether oxygens (including phenoxy) is 1. The van der Waals surface area contributed by atoms with Gasteiger partial charge in [-0.1, -0.05) is 55.0 Å². The van der Waals surface area contributed by atoms with E-state index >= 15 is 0 Å². The third-order valence-corrected chi connectivity index (χ3v) is 4.78. The first-order valence-corrected chi connectivity index (χ1v) is 9.96. The molecule has 1 aliphatic carbocycles. The van der Waals surface area contributed by atoms with E-state index in [0.29, 0.717) is 17.9 Å². The number of nitrogens with one attached hydrogen (secondary N) is 1. The van der Waals surface area contributed by atoms with Crippen molar-refractivity contribution < 1.29 is 9.53 Å². The number of aliphatic imine (C=N–C) groups is 1. The summed E-state index contributed by atoms with van der Waals surface area (Å²) in [6.07, 6.45) is 9.14. The summed E-state index contributed by atoms with van der Waals surface area (Å²) in [5.41, 5.74) is 6.44. The molecular weight excluding hydrogens is 418 g/mol. The maximum atomic E-state index is 12.6. The Kier molecular flexibility index (Phi) is 10.7.